The van der Waals surface area contributed by atoms with Crippen LogP contribution in [0.5, 0.6) is 0 Å². The number of ether oxygens (including phenoxy) is 1. The number of benzene rings is 1. The van der Waals surface area contributed by atoms with Crippen LogP contribution in [0.1, 0.15) is 5.56 Å². The summed E-state index contributed by atoms with van der Waals surface area (Å²) in [6.45, 7) is 2.87. The van der Waals surface area contributed by atoms with Gasteiger partial charge in [-0.15, -0.1) is 0 Å². The Morgan fingerprint density at radius 1 is 1.33 bits per heavy atom. The second kappa shape index (κ2) is 6.15. The van der Waals surface area contributed by atoms with Crippen molar-refractivity contribution in [2.75, 3.05) is 26.4 Å². The average molecular weight is 308 g/mol. The van der Waals surface area contributed by atoms with Crippen LogP contribution in [0, 0.1) is 5.41 Å². The Kier molecular flexibility index (Phi) is 4.26. The smallest absolute Gasteiger partial charge is 0.0646 e. The van der Waals surface area contributed by atoms with Crippen LogP contribution in [0.25, 0.3) is 5.69 Å². The van der Waals surface area contributed by atoms with Gasteiger partial charge < -0.3 is 15.2 Å². The molecular weight excluding hydrogens is 290 g/mol. The van der Waals surface area contributed by atoms with Gasteiger partial charge in [0.1, 0.15) is 0 Å². The van der Waals surface area contributed by atoms with Crippen LogP contribution in [0.3, 0.4) is 0 Å². The monoisotopic (exact) mass is 307 g/mol. The number of aliphatic hydroxyl groups is 1. The van der Waals surface area contributed by atoms with E-state index in [1.807, 2.05) is 41.3 Å². The van der Waals surface area contributed by atoms with E-state index in [0.29, 0.717) is 18.2 Å². The molecule has 2 aromatic rings. The number of aliphatic hydroxyl groups excluding tert-OH is 1. The van der Waals surface area contributed by atoms with Crippen molar-refractivity contribution in [1.82, 2.24) is 15.1 Å². The van der Waals surface area contributed by atoms with Crippen molar-refractivity contribution in [3.8, 4) is 5.69 Å². The van der Waals surface area contributed by atoms with Crippen LogP contribution in [0.15, 0.2) is 36.7 Å². The lowest BCUT2D eigenvalue weighted by atomic mass is 9.87. The maximum Gasteiger partial charge on any atom is 0.0646 e. The zero-order chi connectivity index (χ0) is 14.7. The fourth-order valence-electron chi connectivity index (χ4n) is 2.30. The summed E-state index contributed by atoms with van der Waals surface area (Å²) in [6, 6.07) is 7.55. The number of nitrogens with zero attached hydrogens (tertiary/aromatic N) is 2. The van der Waals surface area contributed by atoms with Gasteiger partial charge in [0, 0.05) is 29.9 Å². The van der Waals surface area contributed by atoms with Gasteiger partial charge in [-0.25, -0.2) is 4.68 Å². The Balaban J connectivity index is 1.56. The molecule has 0 radical (unpaired) electrons. The van der Waals surface area contributed by atoms with Crippen LogP contribution in [-0.4, -0.2) is 41.3 Å². The maximum atomic E-state index is 9.36. The van der Waals surface area contributed by atoms with Gasteiger partial charge in [-0.3, -0.25) is 0 Å². The summed E-state index contributed by atoms with van der Waals surface area (Å²) in [5.41, 5.74) is 1.97. The molecule has 2 heterocycles. The number of hydrogen-bond acceptors (Lipinski definition) is 4. The summed E-state index contributed by atoms with van der Waals surface area (Å²) in [5, 5.41) is 17.8. The van der Waals surface area contributed by atoms with Crippen LogP contribution in [0.4, 0.5) is 0 Å². The molecule has 1 aliphatic rings. The van der Waals surface area contributed by atoms with Crippen LogP contribution < -0.4 is 5.32 Å². The molecule has 1 aromatic heterocycles. The maximum absolute atomic E-state index is 9.36. The topological polar surface area (TPSA) is 59.3 Å². The summed E-state index contributed by atoms with van der Waals surface area (Å²) in [5.74, 6) is 0. The largest absolute Gasteiger partial charge is 0.396 e. The fraction of sp³-hybridized carbons (Fsp3) is 0.400. The average Bonchev–Trinajstić information content (AvgIpc) is 2.91. The molecule has 0 atom stereocenters. The molecule has 0 bridgehead atoms. The van der Waals surface area contributed by atoms with Crippen molar-refractivity contribution in [3.05, 3.63) is 47.2 Å². The summed E-state index contributed by atoms with van der Waals surface area (Å²) >= 11 is 5.88. The number of hydrogen-bond donors (Lipinski definition) is 2. The van der Waals surface area contributed by atoms with E-state index in [-0.39, 0.29) is 12.0 Å². The Morgan fingerprint density at radius 3 is 2.71 bits per heavy atom. The van der Waals surface area contributed by atoms with Crippen molar-refractivity contribution in [2.45, 2.75) is 6.54 Å². The van der Waals surface area contributed by atoms with E-state index in [2.05, 4.69) is 10.4 Å². The van der Waals surface area contributed by atoms with Gasteiger partial charge >= 0.3 is 0 Å². The highest BCUT2D eigenvalue weighted by molar-refractivity contribution is 6.30. The Morgan fingerprint density at radius 2 is 2.10 bits per heavy atom. The summed E-state index contributed by atoms with van der Waals surface area (Å²) < 4.78 is 7.00. The van der Waals surface area contributed by atoms with Gasteiger partial charge in [0.25, 0.3) is 0 Å². The molecule has 112 valence electrons. The Hall–Kier alpha value is -1.40. The van der Waals surface area contributed by atoms with Gasteiger partial charge in [-0.1, -0.05) is 11.6 Å². The minimum atomic E-state index is -0.105. The van der Waals surface area contributed by atoms with Gasteiger partial charge in [-0.05, 0) is 24.3 Å². The Bertz CT molecular complexity index is 588. The van der Waals surface area contributed by atoms with Crippen LogP contribution >= 0.6 is 11.6 Å². The molecule has 0 spiro atoms. The highest BCUT2D eigenvalue weighted by Crippen LogP contribution is 2.25. The third-order valence-corrected chi connectivity index (χ3v) is 3.96. The number of halogens is 1. The third kappa shape index (κ3) is 3.27. The summed E-state index contributed by atoms with van der Waals surface area (Å²) in [4.78, 5) is 0. The molecule has 1 aromatic carbocycles. The first-order valence-corrected chi connectivity index (χ1v) is 7.27. The van der Waals surface area contributed by atoms with E-state index in [9.17, 15) is 5.11 Å². The van der Waals surface area contributed by atoms with Crippen LogP contribution in [-0.2, 0) is 11.3 Å². The SMILES string of the molecule is OCC1(CNCc2cnn(-c3ccc(Cl)cc3)c2)COC1. The lowest BCUT2D eigenvalue weighted by Gasteiger charge is -2.39. The molecule has 0 saturated carbocycles. The van der Waals surface area contributed by atoms with Crippen molar-refractivity contribution in [3.63, 3.8) is 0 Å². The van der Waals surface area contributed by atoms with Crippen molar-refractivity contribution >= 4 is 11.6 Å². The predicted molar refractivity (Wildman–Crippen MR) is 80.6 cm³/mol. The lowest BCUT2D eigenvalue weighted by Crippen LogP contribution is -2.52. The summed E-state index contributed by atoms with van der Waals surface area (Å²) in [7, 11) is 0. The minimum Gasteiger partial charge on any atom is -0.396 e. The van der Waals surface area contributed by atoms with Gasteiger partial charge in [0.15, 0.2) is 0 Å². The van der Waals surface area contributed by atoms with Gasteiger partial charge in [0.2, 0.25) is 0 Å². The quantitative estimate of drug-likeness (QED) is 0.851. The van der Waals surface area contributed by atoms with E-state index in [0.717, 1.165) is 24.3 Å². The molecule has 2 N–H and O–H groups in total. The zero-order valence-electron chi connectivity index (χ0n) is 11.6. The first-order chi connectivity index (χ1) is 10.2. The molecule has 3 rings (SSSR count). The fourth-order valence-corrected chi connectivity index (χ4v) is 2.42. The molecule has 1 aliphatic heterocycles. The zero-order valence-corrected chi connectivity index (χ0v) is 12.4. The number of nitrogens with one attached hydrogen (secondary N) is 1. The molecule has 1 saturated heterocycles. The van der Waals surface area contributed by atoms with E-state index in [1.54, 1.807) is 0 Å². The normalized spacial score (nSPS) is 16.7. The highest BCUT2D eigenvalue weighted by Gasteiger charge is 2.37. The lowest BCUT2D eigenvalue weighted by molar-refractivity contribution is -0.134. The van der Waals surface area contributed by atoms with Crippen molar-refractivity contribution in [1.29, 1.82) is 0 Å². The first kappa shape index (κ1) is 14.5. The van der Waals surface area contributed by atoms with Gasteiger partial charge in [0.05, 0.1) is 37.1 Å². The standard InChI is InChI=1S/C15H18ClN3O2/c16-13-1-3-14(4-2-13)19-7-12(6-18-19)5-17-8-15(9-20)10-21-11-15/h1-4,6-7,17,20H,5,8-11H2. The molecule has 1 fully saturated rings. The molecule has 21 heavy (non-hydrogen) atoms. The van der Waals surface area contributed by atoms with Crippen molar-refractivity contribution in [2.24, 2.45) is 5.41 Å². The van der Waals surface area contributed by atoms with Crippen LogP contribution in [0.2, 0.25) is 5.02 Å². The predicted octanol–water partition coefficient (Wildman–Crippen LogP) is 1.62. The first-order valence-electron chi connectivity index (χ1n) is 6.90. The minimum absolute atomic E-state index is 0.105. The molecule has 6 heteroatoms. The van der Waals surface area contributed by atoms with E-state index >= 15 is 0 Å². The number of aromatic nitrogens is 2. The van der Waals surface area contributed by atoms with Gasteiger partial charge in [-0.2, -0.15) is 5.10 Å². The molecular formula is C15H18ClN3O2. The van der Waals surface area contributed by atoms with Crippen molar-refractivity contribution < 1.29 is 9.84 Å². The van der Waals surface area contributed by atoms with E-state index in [1.165, 1.54) is 0 Å². The second-order valence-electron chi connectivity index (χ2n) is 5.52. The third-order valence-electron chi connectivity index (χ3n) is 3.71. The molecule has 0 amide bonds. The highest BCUT2D eigenvalue weighted by atomic mass is 35.5. The van der Waals surface area contributed by atoms with E-state index < -0.39 is 0 Å². The van der Waals surface area contributed by atoms with E-state index in [4.69, 9.17) is 16.3 Å². The molecule has 0 unspecified atom stereocenters. The number of rotatable bonds is 6. The molecule has 5 nitrogen and oxygen atoms in total. The molecule has 0 aliphatic carbocycles. The Labute approximate surface area is 128 Å². The second-order valence-corrected chi connectivity index (χ2v) is 5.96. The summed E-state index contributed by atoms with van der Waals surface area (Å²) in [6.07, 6.45) is 3.82.